The first-order chi connectivity index (χ1) is 29.0. The van der Waals surface area contributed by atoms with Gasteiger partial charge in [0.05, 0.1) is 5.69 Å². The van der Waals surface area contributed by atoms with Gasteiger partial charge in [-0.3, -0.25) is 0 Å². The van der Waals surface area contributed by atoms with Crippen LogP contribution >= 0.6 is 0 Å². The summed E-state index contributed by atoms with van der Waals surface area (Å²) < 4.78 is 0. The second-order valence-corrected chi connectivity index (χ2v) is 16.1. The van der Waals surface area contributed by atoms with E-state index < -0.39 is 0 Å². The maximum Gasteiger partial charge on any atom is 0.0540 e. The lowest BCUT2D eigenvalue weighted by Crippen LogP contribution is -2.22. The van der Waals surface area contributed by atoms with Crippen LogP contribution < -0.4 is 9.80 Å². The van der Waals surface area contributed by atoms with Crippen LogP contribution in [0.1, 0.15) is 37.8 Å². The van der Waals surface area contributed by atoms with Crippen LogP contribution in [0, 0.1) is 0 Å². The molecule has 8 aromatic carbocycles. The summed E-state index contributed by atoms with van der Waals surface area (Å²) in [6, 6.07) is 76.8. The van der Waals surface area contributed by atoms with Crippen molar-refractivity contribution in [3.8, 4) is 33.4 Å². The summed E-state index contributed by atoms with van der Waals surface area (Å²) in [5, 5.41) is 0. The Labute approximate surface area is 348 Å². The van der Waals surface area contributed by atoms with Crippen molar-refractivity contribution in [3.63, 3.8) is 0 Å². The molecule has 10 rings (SSSR count). The molecule has 0 amide bonds. The average molecular weight is 759 g/mol. The van der Waals surface area contributed by atoms with Gasteiger partial charge in [0.25, 0.3) is 0 Å². The molecule has 59 heavy (non-hydrogen) atoms. The summed E-state index contributed by atoms with van der Waals surface area (Å²) >= 11 is 0. The van der Waals surface area contributed by atoms with Gasteiger partial charge in [-0.25, -0.2) is 0 Å². The van der Waals surface area contributed by atoms with E-state index in [4.69, 9.17) is 0 Å². The molecule has 2 nitrogen and oxygen atoms in total. The van der Waals surface area contributed by atoms with Gasteiger partial charge in [-0.2, -0.15) is 0 Å². The molecule has 0 bridgehead atoms. The van der Waals surface area contributed by atoms with Gasteiger partial charge in [-0.1, -0.05) is 172 Å². The topological polar surface area (TPSA) is 6.48 Å². The molecule has 0 fully saturated rings. The van der Waals surface area contributed by atoms with Crippen molar-refractivity contribution in [2.45, 2.75) is 32.1 Å². The molecular formula is C57H46N2. The van der Waals surface area contributed by atoms with Gasteiger partial charge in [0.1, 0.15) is 0 Å². The van der Waals surface area contributed by atoms with Crippen LogP contribution in [0.2, 0.25) is 0 Å². The van der Waals surface area contributed by atoms with Gasteiger partial charge in [0.2, 0.25) is 0 Å². The third-order valence-electron chi connectivity index (χ3n) is 12.2. The van der Waals surface area contributed by atoms with Crippen LogP contribution in [0.4, 0.5) is 28.4 Å². The fourth-order valence-corrected chi connectivity index (χ4v) is 9.22. The summed E-state index contributed by atoms with van der Waals surface area (Å²) in [5.41, 5.74) is 20.0. The van der Waals surface area contributed by atoms with Crippen LogP contribution in [-0.2, 0) is 5.41 Å². The predicted molar refractivity (Wildman–Crippen MR) is 250 cm³/mol. The predicted octanol–water partition coefficient (Wildman–Crippen LogP) is 15.7. The molecule has 284 valence electrons. The molecular weight excluding hydrogens is 713 g/mol. The second kappa shape index (κ2) is 15.3. The van der Waals surface area contributed by atoms with Crippen molar-refractivity contribution in [2.24, 2.45) is 0 Å². The van der Waals surface area contributed by atoms with Gasteiger partial charge in [0, 0.05) is 39.4 Å². The number of benzene rings is 8. The molecule has 0 N–H and O–H groups in total. The molecule has 0 atom stereocenters. The second-order valence-electron chi connectivity index (χ2n) is 16.1. The highest BCUT2D eigenvalue weighted by Gasteiger charge is 2.38. The lowest BCUT2D eigenvalue weighted by atomic mass is 9.79. The molecule has 0 unspecified atom stereocenters. The summed E-state index contributed by atoms with van der Waals surface area (Å²) in [6.07, 6.45) is 4.51. The van der Waals surface area contributed by atoms with Crippen molar-refractivity contribution in [3.05, 3.63) is 241 Å². The van der Waals surface area contributed by atoms with Crippen molar-refractivity contribution in [1.29, 1.82) is 0 Å². The quantitative estimate of drug-likeness (QED) is 0.145. The molecule has 0 spiro atoms. The monoisotopic (exact) mass is 758 g/mol. The number of hydrogen-bond acceptors (Lipinski definition) is 2. The minimum atomic E-state index is -0.0234. The van der Waals surface area contributed by atoms with E-state index in [1.165, 1.54) is 72.7 Å². The molecule has 0 aliphatic heterocycles. The highest BCUT2D eigenvalue weighted by molar-refractivity contribution is 5.89. The lowest BCUT2D eigenvalue weighted by molar-refractivity contribution is 0.648. The van der Waals surface area contributed by atoms with Crippen LogP contribution in [0.25, 0.3) is 39.0 Å². The van der Waals surface area contributed by atoms with E-state index in [1.807, 2.05) is 0 Å². The number of para-hydroxylation sites is 3. The van der Waals surface area contributed by atoms with Crippen LogP contribution in [0.5, 0.6) is 0 Å². The Balaban J connectivity index is 0.956. The van der Waals surface area contributed by atoms with E-state index in [2.05, 4.69) is 242 Å². The lowest BCUT2D eigenvalue weighted by Gasteiger charge is -2.32. The number of rotatable bonds is 9. The highest BCUT2D eigenvalue weighted by Crippen LogP contribution is 2.52. The maximum absolute atomic E-state index is 2.48. The van der Waals surface area contributed by atoms with E-state index in [-0.39, 0.29) is 5.41 Å². The Kier molecular flexibility index (Phi) is 9.39. The first-order valence-electron chi connectivity index (χ1n) is 20.7. The number of allylic oxidation sites excluding steroid dienone is 4. The maximum atomic E-state index is 2.48. The zero-order valence-electron chi connectivity index (χ0n) is 33.6. The molecule has 2 heteroatoms. The van der Waals surface area contributed by atoms with Crippen molar-refractivity contribution in [2.75, 3.05) is 9.80 Å². The van der Waals surface area contributed by atoms with Gasteiger partial charge in [-0.05, 0) is 124 Å². The Bertz CT molecular complexity index is 2800. The standard InChI is InChI=1S/C57H46N2/c1-57(2)54-24-14-12-23-52(54)53-39-38-50(40-55(53)57)58(46-18-8-4-9-19-46)48-34-30-44(31-35-48)42-26-28-45(29-27-42)51-22-13-15-25-56(51)59(47-20-10-5-11-21-47)49-36-32-43(33-37-49)41-16-6-3-7-17-41/h3-37,40H,38-39H2,1-2H3. The Hall–Kier alpha value is -7.16. The van der Waals surface area contributed by atoms with Crippen LogP contribution in [0.3, 0.4) is 0 Å². The van der Waals surface area contributed by atoms with Gasteiger partial charge >= 0.3 is 0 Å². The van der Waals surface area contributed by atoms with Gasteiger partial charge < -0.3 is 9.80 Å². The van der Waals surface area contributed by atoms with E-state index >= 15 is 0 Å². The number of anilines is 5. The number of nitrogens with zero attached hydrogens (tertiary/aromatic N) is 2. The third kappa shape index (κ3) is 6.77. The van der Waals surface area contributed by atoms with Crippen molar-refractivity contribution < 1.29 is 0 Å². The van der Waals surface area contributed by atoms with Gasteiger partial charge in [0.15, 0.2) is 0 Å². The zero-order valence-corrected chi connectivity index (χ0v) is 33.6. The molecule has 2 aliphatic rings. The van der Waals surface area contributed by atoms with E-state index in [1.54, 1.807) is 0 Å². The normalized spacial score (nSPS) is 14.0. The van der Waals surface area contributed by atoms with E-state index in [0.29, 0.717) is 0 Å². The summed E-state index contributed by atoms with van der Waals surface area (Å²) in [4.78, 5) is 4.82. The smallest absolute Gasteiger partial charge is 0.0540 e. The molecule has 0 heterocycles. The fraction of sp³-hybridized carbons (Fsp3) is 0.0877. The molecule has 0 radical (unpaired) electrons. The largest absolute Gasteiger partial charge is 0.314 e. The molecule has 0 saturated heterocycles. The summed E-state index contributed by atoms with van der Waals surface area (Å²) in [5.74, 6) is 0. The minimum absolute atomic E-state index is 0.0234. The van der Waals surface area contributed by atoms with E-state index in [0.717, 1.165) is 29.9 Å². The third-order valence-corrected chi connectivity index (χ3v) is 12.2. The summed E-state index contributed by atoms with van der Waals surface area (Å²) in [6.45, 7) is 4.76. The Morgan fingerprint density at radius 1 is 0.356 bits per heavy atom. The SMILES string of the molecule is CC1(C)C2=C(CCC(N(c3ccccc3)c3ccc(-c4ccc(-c5ccccc5N(c5ccccc5)c5ccc(-c6ccccc6)cc5)cc4)cc3)=C2)c2ccccc21. The molecule has 8 aromatic rings. The highest BCUT2D eigenvalue weighted by atomic mass is 15.2. The number of fused-ring (bicyclic) bond motifs is 2. The minimum Gasteiger partial charge on any atom is -0.314 e. The van der Waals surface area contributed by atoms with Crippen molar-refractivity contribution >= 4 is 34.0 Å². The molecule has 0 aromatic heterocycles. The number of hydrogen-bond donors (Lipinski definition) is 0. The van der Waals surface area contributed by atoms with Crippen LogP contribution in [0.15, 0.2) is 230 Å². The Morgan fingerprint density at radius 3 is 1.39 bits per heavy atom. The average Bonchev–Trinajstić information content (AvgIpc) is 3.53. The molecule has 0 saturated carbocycles. The summed E-state index contributed by atoms with van der Waals surface area (Å²) in [7, 11) is 0. The Morgan fingerprint density at radius 2 is 0.780 bits per heavy atom. The van der Waals surface area contributed by atoms with Crippen molar-refractivity contribution in [1.82, 2.24) is 0 Å². The molecule has 2 aliphatic carbocycles. The van der Waals surface area contributed by atoms with E-state index in [9.17, 15) is 0 Å². The first kappa shape index (κ1) is 36.2. The fourth-order valence-electron chi connectivity index (χ4n) is 9.22. The first-order valence-corrected chi connectivity index (χ1v) is 20.7. The zero-order chi connectivity index (χ0) is 39.8. The van der Waals surface area contributed by atoms with Crippen LogP contribution in [-0.4, -0.2) is 0 Å². The van der Waals surface area contributed by atoms with Gasteiger partial charge in [-0.15, -0.1) is 0 Å².